The van der Waals surface area contributed by atoms with Crippen LogP contribution < -0.4 is 5.32 Å². The molecule has 0 saturated carbocycles. The van der Waals surface area contributed by atoms with Gasteiger partial charge in [-0.25, -0.2) is 0 Å². The fraction of sp³-hybridized carbons (Fsp3) is 0.923. The van der Waals surface area contributed by atoms with Crippen LogP contribution in [-0.2, 0) is 4.79 Å². The Kier molecular flexibility index (Phi) is 8.17. The van der Waals surface area contributed by atoms with E-state index in [2.05, 4.69) is 17.1 Å². The standard InChI is InChI=1S/C13H28N2O2/c1-5-7-8-10-15(4)11-13(3,12(16)17)14-9-6-2/h14H,5-11H2,1-4H3,(H,16,17). The Labute approximate surface area is 105 Å². The minimum absolute atomic E-state index is 0.548. The summed E-state index contributed by atoms with van der Waals surface area (Å²) >= 11 is 0. The van der Waals surface area contributed by atoms with Crippen molar-refractivity contribution in [2.45, 2.75) is 52.0 Å². The Balaban J connectivity index is 4.18. The molecule has 0 aliphatic rings. The summed E-state index contributed by atoms with van der Waals surface area (Å²) in [6.07, 6.45) is 4.48. The zero-order valence-electron chi connectivity index (χ0n) is 11.8. The number of aliphatic carboxylic acids is 1. The monoisotopic (exact) mass is 244 g/mol. The maximum absolute atomic E-state index is 11.3. The Morgan fingerprint density at radius 2 is 1.94 bits per heavy atom. The highest BCUT2D eigenvalue weighted by Gasteiger charge is 2.33. The van der Waals surface area contributed by atoms with Gasteiger partial charge in [-0.1, -0.05) is 26.7 Å². The van der Waals surface area contributed by atoms with Crippen molar-refractivity contribution in [3.63, 3.8) is 0 Å². The molecule has 0 radical (unpaired) electrons. The van der Waals surface area contributed by atoms with E-state index < -0.39 is 11.5 Å². The number of hydrogen-bond acceptors (Lipinski definition) is 3. The Bertz CT molecular complexity index is 221. The van der Waals surface area contributed by atoms with Crippen LogP contribution in [0, 0.1) is 0 Å². The largest absolute Gasteiger partial charge is 0.480 e. The third-order valence-corrected chi connectivity index (χ3v) is 2.97. The van der Waals surface area contributed by atoms with Crippen molar-refractivity contribution >= 4 is 5.97 Å². The van der Waals surface area contributed by atoms with Gasteiger partial charge in [-0.3, -0.25) is 4.79 Å². The second-order valence-electron chi connectivity index (χ2n) is 5.01. The van der Waals surface area contributed by atoms with E-state index in [-0.39, 0.29) is 0 Å². The molecule has 0 rings (SSSR count). The van der Waals surface area contributed by atoms with Crippen molar-refractivity contribution in [3.8, 4) is 0 Å². The summed E-state index contributed by atoms with van der Waals surface area (Å²) in [7, 11) is 1.99. The van der Waals surface area contributed by atoms with Crippen LogP contribution in [0.1, 0.15) is 46.5 Å². The zero-order chi connectivity index (χ0) is 13.3. The molecule has 0 saturated heterocycles. The number of carbonyl (C=O) groups is 1. The van der Waals surface area contributed by atoms with Gasteiger partial charge in [0.15, 0.2) is 0 Å². The van der Waals surface area contributed by atoms with Gasteiger partial charge < -0.3 is 15.3 Å². The number of likely N-dealkylation sites (N-methyl/N-ethyl adjacent to an activating group) is 1. The highest BCUT2D eigenvalue weighted by molar-refractivity contribution is 5.78. The minimum Gasteiger partial charge on any atom is -0.480 e. The quantitative estimate of drug-likeness (QED) is 0.577. The molecular weight excluding hydrogens is 216 g/mol. The molecule has 4 nitrogen and oxygen atoms in total. The fourth-order valence-electron chi connectivity index (χ4n) is 1.85. The lowest BCUT2D eigenvalue weighted by Crippen LogP contribution is -2.56. The van der Waals surface area contributed by atoms with Crippen LogP contribution in [0.3, 0.4) is 0 Å². The van der Waals surface area contributed by atoms with Crippen LogP contribution in [0.25, 0.3) is 0 Å². The number of hydrogen-bond donors (Lipinski definition) is 2. The average Bonchev–Trinajstić information content (AvgIpc) is 2.26. The Morgan fingerprint density at radius 3 is 2.41 bits per heavy atom. The van der Waals surface area contributed by atoms with Gasteiger partial charge in [0.2, 0.25) is 0 Å². The summed E-state index contributed by atoms with van der Waals surface area (Å²) in [5, 5.41) is 12.4. The molecule has 0 aliphatic carbocycles. The smallest absolute Gasteiger partial charge is 0.324 e. The van der Waals surface area contributed by atoms with Gasteiger partial charge in [0.05, 0.1) is 0 Å². The Morgan fingerprint density at radius 1 is 1.29 bits per heavy atom. The molecule has 0 heterocycles. The van der Waals surface area contributed by atoms with E-state index >= 15 is 0 Å². The lowest BCUT2D eigenvalue weighted by atomic mass is 10.0. The molecule has 4 heteroatoms. The van der Waals surface area contributed by atoms with Crippen LogP contribution in [0.2, 0.25) is 0 Å². The zero-order valence-corrected chi connectivity index (χ0v) is 11.8. The number of rotatable bonds is 10. The van der Waals surface area contributed by atoms with Crippen molar-refractivity contribution in [2.75, 3.05) is 26.7 Å². The van der Waals surface area contributed by atoms with Crippen LogP contribution in [0.4, 0.5) is 0 Å². The summed E-state index contributed by atoms with van der Waals surface area (Å²) in [6.45, 7) is 8.23. The third kappa shape index (κ3) is 6.64. The second-order valence-corrected chi connectivity index (χ2v) is 5.01. The molecule has 0 aromatic carbocycles. The molecule has 0 amide bonds. The second kappa shape index (κ2) is 8.48. The lowest BCUT2D eigenvalue weighted by Gasteiger charge is -2.31. The molecule has 0 bridgehead atoms. The number of unbranched alkanes of at least 4 members (excludes halogenated alkanes) is 2. The van der Waals surface area contributed by atoms with E-state index in [9.17, 15) is 9.90 Å². The molecule has 0 fully saturated rings. The first-order valence-electron chi connectivity index (χ1n) is 6.63. The summed E-state index contributed by atoms with van der Waals surface area (Å²) in [5.74, 6) is -0.770. The van der Waals surface area contributed by atoms with E-state index in [0.29, 0.717) is 6.54 Å². The van der Waals surface area contributed by atoms with E-state index in [0.717, 1.165) is 25.9 Å². The minimum atomic E-state index is -0.836. The number of carboxylic acids is 1. The van der Waals surface area contributed by atoms with Gasteiger partial charge >= 0.3 is 5.97 Å². The van der Waals surface area contributed by atoms with Crippen LogP contribution in [0.15, 0.2) is 0 Å². The molecule has 2 N–H and O–H groups in total. The first-order chi connectivity index (χ1) is 7.96. The van der Waals surface area contributed by atoms with Crippen molar-refractivity contribution in [1.82, 2.24) is 10.2 Å². The van der Waals surface area contributed by atoms with Gasteiger partial charge in [0.25, 0.3) is 0 Å². The molecule has 0 aromatic heterocycles. The number of nitrogens with zero attached hydrogens (tertiary/aromatic N) is 1. The first kappa shape index (κ1) is 16.4. The topological polar surface area (TPSA) is 52.6 Å². The molecule has 17 heavy (non-hydrogen) atoms. The Hall–Kier alpha value is -0.610. The van der Waals surface area contributed by atoms with Gasteiger partial charge in [-0.2, -0.15) is 0 Å². The molecule has 0 aliphatic heterocycles. The van der Waals surface area contributed by atoms with Crippen LogP contribution >= 0.6 is 0 Å². The van der Waals surface area contributed by atoms with Crippen molar-refractivity contribution in [3.05, 3.63) is 0 Å². The highest BCUT2D eigenvalue weighted by atomic mass is 16.4. The SMILES string of the molecule is CCCCCN(C)CC(C)(NCCC)C(=O)O. The van der Waals surface area contributed by atoms with E-state index in [4.69, 9.17) is 0 Å². The molecule has 102 valence electrons. The molecule has 0 spiro atoms. The van der Waals surface area contributed by atoms with Crippen molar-refractivity contribution in [1.29, 1.82) is 0 Å². The summed E-state index contributed by atoms with van der Waals surface area (Å²) in [4.78, 5) is 13.4. The number of carboxylic acid groups (broad SMARTS) is 1. The highest BCUT2D eigenvalue weighted by Crippen LogP contribution is 2.08. The van der Waals surface area contributed by atoms with E-state index in [1.54, 1.807) is 6.92 Å². The maximum atomic E-state index is 11.3. The predicted octanol–water partition coefficient (Wildman–Crippen LogP) is 1.95. The predicted molar refractivity (Wildman–Crippen MR) is 71.4 cm³/mol. The summed E-state index contributed by atoms with van der Waals surface area (Å²) in [5.41, 5.74) is -0.836. The van der Waals surface area contributed by atoms with Gasteiger partial charge in [-0.15, -0.1) is 0 Å². The third-order valence-electron chi connectivity index (χ3n) is 2.97. The van der Waals surface area contributed by atoms with E-state index in [1.165, 1.54) is 12.8 Å². The number of nitrogens with one attached hydrogen (secondary N) is 1. The van der Waals surface area contributed by atoms with Crippen LogP contribution in [-0.4, -0.2) is 48.2 Å². The summed E-state index contributed by atoms with van der Waals surface area (Å²) in [6, 6.07) is 0. The van der Waals surface area contributed by atoms with E-state index in [1.807, 2.05) is 14.0 Å². The molecule has 1 unspecified atom stereocenters. The normalized spacial score (nSPS) is 14.9. The first-order valence-corrected chi connectivity index (χ1v) is 6.63. The van der Waals surface area contributed by atoms with Crippen molar-refractivity contribution < 1.29 is 9.90 Å². The van der Waals surface area contributed by atoms with Gasteiger partial charge in [0.1, 0.15) is 5.54 Å². The van der Waals surface area contributed by atoms with Gasteiger partial charge in [-0.05, 0) is 39.9 Å². The fourth-order valence-corrected chi connectivity index (χ4v) is 1.85. The average molecular weight is 244 g/mol. The maximum Gasteiger partial charge on any atom is 0.324 e. The summed E-state index contributed by atoms with van der Waals surface area (Å²) < 4.78 is 0. The lowest BCUT2D eigenvalue weighted by molar-refractivity contribution is -0.144. The molecular formula is C13H28N2O2. The van der Waals surface area contributed by atoms with Gasteiger partial charge in [0, 0.05) is 6.54 Å². The van der Waals surface area contributed by atoms with Crippen LogP contribution in [0.5, 0.6) is 0 Å². The molecule has 1 atom stereocenters. The molecule has 0 aromatic rings. The van der Waals surface area contributed by atoms with Crippen molar-refractivity contribution in [2.24, 2.45) is 0 Å².